The number of hydrogen-bond donors (Lipinski definition) is 9. The Bertz CT molecular complexity index is 3610. The minimum absolute atomic E-state index is 0.00367. The number of ether oxygens (including phenoxy) is 1. The zero-order chi connectivity index (χ0) is 51.8. The number of nitrogens with zero attached hydrogens (tertiary/aromatic N) is 7. The summed E-state index contributed by atoms with van der Waals surface area (Å²) in [6, 6.07) is 18.8. The molecule has 0 aliphatic carbocycles. The summed E-state index contributed by atoms with van der Waals surface area (Å²) in [4.78, 5) is 10.8. The van der Waals surface area contributed by atoms with E-state index in [0.717, 1.165) is 18.2 Å². The predicted molar refractivity (Wildman–Crippen MR) is 250 cm³/mol. The molecule has 0 aliphatic heterocycles. The van der Waals surface area contributed by atoms with Crippen LogP contribution in [0.3, 0.4) is 0 Å². The van der Waals surface area contributed by atoms with Crippen LogP contribution in [0.4, 0.5) is 52.0 Å². The highest BCUT2D eigenvalue weighted by Crippen LogP contribution is 2.36. The summed E-state index contributed by atoms with van der Waals surface area (Å²) in [6.45, 7) is -0.665. The van der Waals surface area contributed by atoms with Crippen molar-refractivity contribution in [2.75, 3.05) is 40.6 Å². The second-order valence-electron chi connectivity index (χ2n) is 14.0. The first kappa shape index (κ1) is 53.9. The van der Waals surface area contributed by atoms with Crippen molar-refractivity contribution < 1.29 is 84.2 Å². The number of azo groups is 2. The molecule has 378 valence electrons. The molecule has 0 spiro atoms. The summed E-state index contributed by atoms with van der Waals surface area (Å²) in [5.74, 6) is -2.05. The van der Waals surface area contributed by atoms with Gasteiger partial charge < -0.3 is 20.7 Å². The fourth-order valence-corrected chi connectivity index (χ4v) is 8.98. The van der Waals surface area contributed by atoms with Gasteiger partial charge in [-0.3, -0.25) is 22.8 Å². The first-order valence-electron chi connectivity index (χ1n) is 19.2. The molecule has 6 rings (SSSR count). The Balaban J connectivity index is 1.28. The molecule has 5 aromatic carbocycles. The first-order valence-corrected chi connectivity index (χ1v) is 27.4. The molecule has 9 N–H and O–H groups in total. The third-order valence-corrected chi connectivity index (χ3v) is 13.5. The number of anilines is 5. The van der Waals surface area contributed by atoms with Crippen LogP contribution in [0.1, 0.15) is 6.42 Å². The molecule has 0 aliphatic rings. The Hall–Kier alpha value is -6.45. The highest BCUT2D eigenvalue weighted by molar-refractivity contribution is 7.94. The van der Waals surface area contributed by atoms with Crippen LogP contribution in [-0.4, -0.2) is 110 Å². The van der Waals surface area contributed by atoms with E-state index in [4.69, 9.17) is 9.99 Å². The van der Waals surface area contributed by atoms with Crippen molar-refractivity contribution in [1.82, 2.24) is 15.0 Å². The van der Waals surface area contributed by atoms with Gasteiger partial charge in [-0.25, -0.2) is 5.26 Å². The van der Waals surface area contributed by atoms with Gasteiger partial charge in [0, 0.05) is 28.6 Å². The molecule has 1 heterocycles. The summed E-state index contributed by atoms with van der Waals surface area (Å²) in [5, 5.41) is 36.6. The van der Waals surface area contributed by atoms with Gasteiger partial charge >= 0.3 is 0 Å². The molecule has 0 saturated heterocycles. The number of benzene rings is 5. The second-order valence-corrected chi connectivity index (χ2v) is 22.1. The number of hydrogen-bond acceptors (Lipinski definition) is 25. The van der Waals surface area contributed by atoms with Gasteiger partial charge in [0.1, 0.15) is 21.2 Å². The minimum Gasteiger partial charge on any atom is -0.491 e. The maximum atomic E-state index is 12.1. The standard InChI is InChI=1S/C36H34N10O19S6/c47-64-65-66-26-8-11-32(70(57,58)59)30(19-26)46-45-25-7-10-29(31(18-25)63-13-1-14-67(48,49)50)39-36-41-34(37-12-15-68(51,52)53)40-35(42-36)38-22-2-4-23(5-3-22)43-44-24-6-9-28-21(16-24)17-27(69(54,55)56)20-33(28)71(60,61)62/h2-11,16-20,47H,1,12-15H2,(H,48,49,50)(H,51,52,53)(H,54,55,56)(H,57,58,59)(H,60,61,62)(H3,37,38,39,40,41,42). The van der Waals surface area contributed by atoms with E-state index in [1.165, 1.54) is 66.7 Å². The van der Waals surface area contributed by atoms with Crippen molar-refractivity contribution in [3.63, 3.8) is 0 Å². The van der Waals surface area contributed by atoms with Gasteiger partial charge in [0.2, 0.25) is 17.8 Å². The number of rotatable bonds is 23. The molecule has 0 saturated carbocycles. The number of nitrogens with one attached hydrogen (secondary N) is 3. The van der Waals surface area contributed by atoms with Crippen LogP contribution >= 0.6 is 12.0 Å². The lowest BCUT2D eigenvalue weighted by atomic mass is 10.1. The molecular formula is C36H34N10O19S6. The molecule has 1 aromatic heterocycles. The summed E-state index contributed by atoms with van der Waals surface area (Å²) in [6.07, 6.45) is -0.196. The summed E-state index contributed by atoms with van der Waals surface area (Å²) in [5.41, 5.74) is 0.457. The van der Waals surface area contributed by atoms with Crippen LogP contribution in [0.25, 0.3) is 10.8 Å². The third kappa shape index (κ3) is 16.3. The van der Waals surface area contributed by atoms with Crippen molar-refractivity contribution >= 4 is 125 Å². The van der Waals surface area contributed by atoms with E-state index in [0.29, 0.717) is 23.8 Å². The molecule has 0 fully saturated rings. The zero-order valence-electron chi connectivity index (χ0n) is 35.3. The molecular weight excluding hydrogens is 1070 g/mol. The summed E-state index contributed by atoms with van der Waals surface area (Å²) in [7, 11) is -23.4. The lowest BCUT2D eigenvalue weighted by Gasteiger charge is -2.15. The Morgan fingerprint density at radius 1 is 0.577 bits per heavy atom. The Morgan fingerprint density at radius 3 is 1.83 bits per heavy atom. The monoisotopic (exact) mass is 1100 g/mol. The van der Waals surface area contributed by atoms with E-state index < -0.39 is 76.8 Å². The molecule has 35 heteroatoms. The largest absolute Gasteiger partial charge is 0.491 e. The van der Waals surface area contributed by atoms with Crippen LogP contribution in [-0.2, 0) is 60.0 Å². The van der Waals surface area contributed by atoms with Gasteiger partial charge in [-0.05, 0) is 90.7 Å². The highest BCUT2D eigenvalue weighted by Gasteiger charge is 2.21. The van der Waals surface area contributed by atoms with Crippen LogP contribution in [0.15, 0.2) is 131 Å². The van der Waals surface area contributed by atoms with Crippen molar-refractivity contribution in [1.29, 1.82) is 0 Å². The lowest BCUT2D eigenvalue weighted by Crippen LogP contribution is -2.17. The average molecular weight is 1100 g/mol. The first-order chi connectivity index (χ1) is 33.2. The fourth-order valence-electron chi connectivity index (χ4n) is 5.79. The van der Waals surface area contributed by atoms with E-state index in [9.17, 15) is 64.9 Å². The van der Waals surface area contributed by atoms with Gasteiger partial charge in [0.15, 0.2) is 0 Å². The zero-order valence-corrected chi connectivity index (χ0v) is 40.2. The van der Waals surface area contributed by atoms with E-state index in [1.54, 1.807) is 0 Å². The van der Waals surface area contributed by atoms with Gasteiger partial charge in [-0.2, -0.15) is 72.4 Å². The van der Waals surface area contributed by atoms with E-state index in [-0.39, 0.29) is 87.3 Å². The van der Waals surface area contributed by atoms with Crippen LogP contribution in [0, 0.1) is 0 Å². The molecule has 0 bridgehead atoms. The Labute approximate surface area is 406 Å². The molecule has 71 heavy (non-hydrogen) atoms. The molecule has 6 aromatic rings. The quantitative estimate of drug-likeness (QED) is 0.00828. The van der Waals surface area contributed by atoms with E-state index >= 15 is 0 Å². The molecule has 0 radical (unpaired) electrons. The topological polar surface area (TPSA) is 444 Å². The highest BCUT2D eigenvalue weighted by atomic mass is 32.2. The van der Waals surface area contributed by atoms with Crippen LogP contribution < -0.4 is 20.7 Å². The fraction of sp³-hybridized carbons (Fsp3) is 0.139. The molecule has 0 amide bonds. The minimum atomic E-state index is -4.91. The van der Waals surface area contributed by atoms with Crippen LogP contribution in [0.5, 0.6) is 5.75 Å². The maximum Gasteiger partial charge on any atom is 0.296 e. The number of aromatic nitrogens is 3. The van der Waals surface area contributed by atoms with E-state index in [2.05, 4.69) is 60.7 Å². The molecule has 29 nitrogen and oxygen atoms in total. The van der Waals surface area contributed by atoms with Crippen molar-refractivity contribution in [3.8, 4) is 5.75 Å². The van der Waals surface area contributed by atoms with Crippen molar-refractivity contribution in [3.05, 3.63) is 91.0 Å². The smallest absolute Gasteiger partial charge is 0.296 e. The Kier molecular flexibility index (Phi) is 16.9. The van der Waals surface area contributed by atoms with Gasteiger partial charge in [-0.15, -0.1) is 9.45 Å². The molecule has 0 unspecified atom stereocenters. The number of fused-ring (bicyclic) bond motifs is 1. The van der Waals surface area contributed by atoms with E-state index in [1.807, 2.05) is 0 Å². The van der Waals surface area contributed by atoms with Crippen molar-refractivity contribution in [2.45, 2.75) is 26.0 Å². The lowest BCUT2D eigenvalue weighted by molar-refractivity contribution is -0.432. The summed E-state index contributed by atoms with van der Waals surface area (Å²) >= 11 is 0.460. The van der Waals surface area contributed by atoms with Gasteiger partial charge in [-0.1, -0.05) is 11.1 Å². The second kappa shape index (κ2) is 22.3. The van der Waals surface area contributed by atoms with Gasteiger partial charge in [0.25, 0.3) is 50.6 Å². The maximum absolute atomic E-state index is 12.1. The Morgan fingerprint density at radius 2 is 1.18 bits per heavy atom. The normalized spacial score (nSPS) is 12.7. The predicted octanol–water partition coefficient (Wildman–Crippen LogP) is 6.47. The third-order valence-electron chi connectivity index (χ3n) is 8.79. The average Bonchev–Trinajstić information content (AvgIpc) is 3.27. The van der Waals surface area contributed by atoms with Crippen LogP contribution in [0.2, 0.25) is 0 Å². The summed E-state index contributed by atoms with van der Waals surface area (Å²) < 4.78 is 175. The molecule has 0 atom stereocenters. The van der Waals surface area contributed by atoms with Crippen molar-refractivity contribution in [2.24, 2.45) is 20.5 Å². The SMILES string of the molecule is O=S(=O)(O)CCCOc1cc(N=Nc2cc(SOOO)ccc2S(=O)(=O)O)ccc1Nc1nc(NCCS(=O)(=O)O)nc(Nc2ccc(N=Nc3ccc4c(S(=O)(=O)O)cc(S(=O)(=O)O)cc4c3)cc2)n1. The van der Waals surface area contributed by atoms with Gasteiger partial charge in [0.05, 0.1) is 57.8 Å².